The zero-order valence-corrected chi connectivity index (χ0v) is 15.6. The molecule has 0 aliphatic rings. The fourth-order valence-electron chi connectivity index (χ4n) is 2.74. The van der Waals surface area contributed by atoms with E-state index >= 15 is 0 Å². The molecule has 152 valence electrons. The van der Waals surface area contributed by atoms with E-state index in [1.54, 1.807) is 12.1 Å². The van der Waals surface area contributed by atoms with E-state index in [2.05, 4.69) is 25.9 Å². The summed E-state index contributed by atoms with van der Waals surface area (Å²) in [4.78, 5) is 12.6. The second-order valence-electron chi connectivity index (χ2n) is 6.05. The normalized spacial score (nSPS) is 11.5. The lowest BCUT2D eigenvalue weighted by Crippen LogP contribution is -2.20. The summed E-state index contributed by atoms with van der Waals surface area (Å²) in [6.07, 6.45) is -2.55. The lowest BCUT2D eigenvalue weighted by molar-refractivity contribution is -0.143. The smallest absolute Gasteiger partial charge is 0.322 e. The molecular weight excluding hydrogens is 423 g/mol. The Morgan fingerprint density at radius 3 is 2.27 bits per heavy atom. The van der Waals surface area contributed by atoms with E-state index in [9.17, 15) is 18.0 Å². The highest BCUT2D eigenvalue weighted by atomic mass is 35.5. The van der Waals surface area contributed by atoms with Gasteiger partial charge in [0.25, 0.3) is 5.91 Å². The fraction of sp³-hybridized carbons (Fsp3) is 0.0556. The largest absolute Gasteiger partial charge is 0.434 e. The molecule has 0 spiro atoms. The molecule has 0 bridgehead atoms. The van der Waals surface area contributed by atoms with Crippen LogP contribution in [0.1, 0.15) is 16.1 Å². The summed E-state index contributed by atoms with van der Waals surface area (Å²) >= 11 is 5.79. The van der Waals surface area contributed by atoms with Crippen LogP contribution in [0.4, 0.5) is 18.9 Å². The predicted octanol–water partition coefficient (Wildman–Crippen LogP) is 3.77. The minimum absolute atomic E-state index is 0.122. The van der Waals surface area contributed by atoms with Crippen molar-refractivity contribution in [2.75, 3.05) is 5.32 Å². The topological polar surface area (TPSA) is 90.5 Å². The Morgan fingerprint density at radius 2 is 1.67 bits per heavy atom. The number of carbonyl (C=O) groups excluding carboxylic acids is 1. The Morgan fingerprint density at radius 1 is 1.00 bits per heavy atom. The molecule has 0 fully saturated rings. The summed E-state index contributed by atoms with van der Waals surface area (Å²) < 4.78 is 43.2. The van der Waals surface area contributed by atoms with Gasteiger partial charge in [-0.2, -0.15) is 18.3 Å². The molecule has 8 nitrogen and oxygen atoms in total. The first-order valence-electron chi connectivity index (χ1n) is 8.39. The van der Waals surface area contributed by atoms with Gasteiger partial charge in [0.2, 0.25) is 0 Å². The van der Waals surface area contributed by atoms with Crippen molar-refractivity contribution in [2.24, 2.45) is 0 Å². The number of amides is 1. The van der Waals surface area contributed by atoms with Gasteiger partial charge in [-0.05, 0) is 59.0 Å². The lowest BCUT2D eigenvalue weighted by atomic mass is 10.2. The van der Waals surface area contributed by atoms with Gasteiger partial charge >= 0.3 is 6.18 Å². The van der Waals surface area contributed by atoms with E-state index in [4.69, 9.17) is 11.6 Å². The SMILES string of the molecule is O=C(Nc1ccc(-n2cnnn2)cc1)c1cnn(-c2ccc(Cl)cc2)c1C(F)(F)F. The van der Waals surface area contributed by atoms with Gasteiger partial charge in [-0.25, -0.2) is 9.36 Å². The van der Waals surface area contributed by atoms with Crippen LogP contribution in [0.25, 0.3) is 11.4 Å². The molecule has 0 unspecified atom stereocenters. The Labute approximate surface area is 171 Å². The Hall–Kier alpha value is -3.73. The van der Waals surface area contributed by atoms with Crippen LogP contribution >= 0.6 is 11.6 Å². The molecule has 4 aromatic rings. The van der Waals surface area contributed by atoms with Gasteiger partial charge in [0.1, 0.15) is 6.33 Å². The second kappa shape index (κ2) is 7.59. The van der Waals surface area contributed by atoms with Crippen molar-refractivity contribution in [2.45, 2.75) is 6.18 Å². The predicted molar refractivity (Wildman–Crippen MR) is 101 cm³/mol. The Bertz CT molecular complexity index is 1170. The third kappa shape index (κ3) is 3.87. The Kier molecular flexibility index (Phi) is 4.96. The molecular formula is C18H11ClF3N7O. The average molecular weight is 434 g/mol. The number of carbonyl (C=O) groups is 1. The molecule has 0 saturated heterocycles. The zero-order valence-electron chi connectivity index (χ0n) is 14.9. The van der Waals surface area contributed by atoms with Crippen molar-refractivity contribution in [3.63, 3.8) is 0 Å². The molecule has 2 heterocycles. The second-order valence-corrected chi connectivity index (χ2v) is 6.48. The molecule has 1 amide bonds. The summed E-state index contributed by atoms with van der Waals surface area (Å²) in [5.74, 6) is -0.947. The van der Waals surface area contributed by atoms with E-state index in [0.29, 0.717) is 21.1 Å². The molecule has 2 aromatic heterocycles. The minimum Gasteiger partial charge on any atom is -0.322 e. The molecule has 0 atom stereocenters. The number of hydrogen-bond acceptors (Lipinski definition) is 5. The van der Waals surface area contributed by atoms with E-state index in [0.717, 1.165) is 6.20 Å². The molecule has 0 radical (unpaired) electrons. The van der Waals surface area contributed by atoms with Crippen LogP contribution in [-0.2, 0) is 6.18 Å². The van der Waals surface area contributed by atoms with Crippen LogP contribution in [-0.4, -0.2) is 35.9 Å². The number of anilines is 1. The highest BCUT2D eigenvalue weighted by molar-refractivity contribution is 6.30. The highest BCUT2D eigenvalue weighted by Crippen LogP contribution is 2.34. The van der Waals surface area contributed by atoms with Crippen LogP contribution in [0, 0.1) is 0 Å². The highest BCUT2D eigenvalue weighted by Gasteiger charge is 2.40. The van der Waals surface area contributed by atoms with Crippen molar-refractivity contribution in [1.29, 1.82) is 0 Å². The van der Waals surface area contributed by atoms with E-state index in [-0.39, 0.29) is 5.69 Å². The van der Waals surface area contributed by atoms with Gasteiger partial charge in [-0.3, -0.25) is 4.79 Å². The number of nitrogens with zero attached hydrogens (tertiary/aromatic N) is 6. The molecule has 0 aliphatic heterocycles. The first-order chi connectivity index (χ1) is 14.3. The maximum absolute atomic E-state index is 13.7. The number of tetrazole rings is 1. The number of alkyl halides is 3. The number of rotatable bonds is 4. The van der Waals surface area contributed by atoms with Crippen molar-refractivity contribution in [1.82, 2.24) is 30.0 Å². The number of halogens is 4. The van der Waals surface area contributed by atoms with Crippen molar-refractivity contribution >= 4 is 23.2 Å². The minimum atomic E-state index is -4.81. The van der Waals surface area contributed by atoms with E-state index < -0.39 is 23.3 Å². The Balaban J connectivity index is 1.63. The average Bonchev–Trinajstić information content (AvgIpc) is 3.39. The van der Waals surface area contributed by atoms with Crippen LogP contribution < -0.4 is 5.32 Å². The fourth-order valence-corrected chi connectivity index (χ4v) is 2.87. The standard InChI is InChI=1S/C18H11ClF3N7O/c19-11-1-5-14(6-2-11)29-16(18(20,21)22)15(9-24-29)17(30)25-12-3-7-13(8-4-12)28-10-23-26-27-28/h1-10H,(H,25,30). The van der Waals surface area contributed by atoms with Crippen molar-refractivity contribution in [3.05, 3.63) is 77.3 Å². The van der Waals surface area contributed by atoms with Crippen molar-refractivity contribution < 1.29 is 18.0 Å². The number of nitrogens with one attached hydrogen (secondary N) is 1. The summed E-state index contributed by atoms with van der Waals surface area (Å²) in [7, 11) is 0. The first-order valence-corrected chi connectivity index (χ1v) is 8.76. The lowest BCUT2D eigenvalue weighted by Gasteiger charge is -2.13. The van der Waals surface area contributed by atoms with Crippen LogP contribution in [0.2, 0.25) is 5.02 Å². The van der Waals surface area contributed by atoms with Gasteiger partial charge in [-0.15, -0.1) is 5.10 Å². The van der Waals surface area contributed by atoms with Gasteiger partial charge in [0.05, 0.1) is 23.1 Å². The molecule has 0 saturated carbocycles. The van der Waals surface area contributed by atoms with E-state index in [1.165, 1.54) is 47.4 Å². The molecule has 4 rings (SSSR count). The van der Waals surface area contributed by atoms with Crippen LogP contribution in [0.5, 0.6) is 0 Å². The van der Waals surface area contributed by atoms with Gasteiger partial charge in [0, 0.05) is 10.7 Å². The number of aromatic nitrogens is 6. The molecule has 1 N–H and O–H groups in total. The maximum Gasteiger partial charge on any atom is 0.434 e. The molecule has 2 aromatic carbocycles. The van der Waals surface area contributed by atoms with Crippen LogP contribution in [0.3, 0.4) is 0 Å². The first kappa shape index (κ1) is 19.6. The van der Waals surface area contributed by atoms with E-state index in [1.807, 2.05) is 0 Å². The van der Waals surface area contributed by atoms with Gasteiger partial charge in [-0.1, -0.05) is 11.6 Å². The van der Waals surface area contributed by atoms with Gasteiger partial charge < -0.3 is 5.32 Å². The molecule has 0 aliphatic carbocycles. The maximum atomic E-state index is 13.7. The number of benzene rings is 2. The summed E-state index contributed by atoms with van der Waals surface area (Å²) in [5.41, 5.74) is -0.764. The third-order valence-electron chi connectivity index (χ3n) is 4.09. The monoisotopic (exact) mass is 433 g/mol. The zero-order chi connectivity index (χ0) is 21.3. The summed E-state index contributed by atoms with van der Waals surface area (Å²) in [6.45, 7) is 0. The van der Waals surface area contributed by atoms with Gasteiger partial charge in [0.15, 0.2) is 5.69 Å². The summed E-state index contributed by atoms with van der Waals surface area (Å²) in [6, 6.07) is 11.9. The summed E-state index contributed by atoms with van der Waals surface area (Å²) in [5, 5.41) is 17.3. The quantitative estimate of drug-likeness (QED) is 0.529. The third-order valence-corrected chi connectivity index (χ3v) is 4.34. The van der Waals surface area contributed by atoms with Crippen molar-refractivity contribution in [3.8, 4) is 11.4 Å². The number of hydrogen-bond donors (Lipinski definition) is 1. The molecule has 30 heavy (non-hydrogen) atoms. The van der Waals surface area contributed by atoms with Crippen LogP contribution in [0.15, 0.2) is 61.1 Å². The molecule has 12 heteroatoms.